The fourth-order valence-electron chi connectivity index (χ4n) is 1.73. The smallest absolute Gasteiger partial charge is 0.731 e. The van der Waals surface area contributed by atoms with E-state index in [4.69, 9.17) is 0 Å². The number of benzene rings is 1. The molecule has 0 aliphatic carbocycles. The Labute approximate surface area is 125 Å². The minimum Gasteiger partial charge on any atom is -0.731 e. The van der Waals surface area contributed by atoms with Crippen LogP contribution in [0.4, 0.5) is 5.69 Å². The van der Waals surface area contributed by atoms with Gasteiger partial charge in [-0.1, -0.05) is 26.0 Å². The third kappa shape index (κ3) is 5.88. The van der Waals surface area contributed by atoms with Gasteiger partial charge in [-0.3, -0.25) is 4.72 Å². The molecule has 0 bridgehead atoms. The molecule has 4 nitrogen and oxygen atoms in total. The first-order chi connectivity index (χ1) is 7.46. The molecular formula is C11H16NNaO3S. The quantitative estimate of drug-likeness (QED) is 0.574. The summed E-state index contributed by atoms with van der Waals surface area (Å²) < 4.78 is 33.3. The third-order valence-corrected chi connectivity index (χ3v) is 3.10. The second kappa shape index (κ2) is 7.38. The second-order valence-corrected chi connectivity index (χ2v) is 4.80. The summed E-state index contributed by atoms with van der Waals surface area (Å²) in [5.41, 5.74) is 1.48. The van der Waals surface area contributed by atoms with Crippen LogP contribution in [0, 0.1) is 0 Å². The van der Waals surface area contributed by atoms with Crippen LogP contribution in [0.5, 0.6) is 0 Å². The van der Waals surface area contributed by atoms with Crippen molar-refractivity contribution in [3.8, 4) is 0 Å². The Kier molecular flexibility index (Phi) is 7.35. The Hall–Kier alpha value is -0.0700. The molecule has 0 heterocycles. The minimum atomic E-state index is -4.42. The van der Waals surface area contributed by atoms with Gasteiger partial charge in [0.15, 0.2) is 10.3 Å². The van der Waals surface area contributed by atoms with Crippen molar-refractivity contribution in [1.29, 1.82) is 0 Å². The first kappa shape index (κ1) is 16.9. The largest absolute Gasteiger partial charge is 1.00 e. The molecule has 0 aliphatic heterocycles. The average molecular weight is 265 g/mol. The van der Waals surface area contributed by atoms with Crippen molar-refractivity contribution < 1.29 is 42.5 Å². The van der Waals surface area contributed by atoms with Crippen LogP contribution in [-0.2, 0) is 10.3 Å². The fourth-order valence-corrected chi connectivity index (χ4v) is 2.15. The molecule has 0 atom stereocenters. The van der Waals surface area contributed by atoms with Crippen molar-refractivity contribution in [3.63, 3.8) is 0 Å². The maximum absolute atomic E-state index is 10.5. The Morgan fingerprint density at radius 2 is 1.65 bits per heavy atom. The molecule has 90 valence electrons. The zero-order valence-corrected chi connectivity index (χ0v) is 13.3. The standard InChI is InChI=1S/C11H17NO3S.Na/c1-3-9(4-2)10-5-7-11(8-6-10)12-16(13,14)15;/h5-9,12H,3-4H2,1-2H3,(H,13,14,15);/q;+1/p-1. The predicted molar refractivity (Wildman–Crippen MR) is 63.1 cm³/mol. The van der Waals surface area contributed by atoms with Crippen molar-refractivity contribution in [1.82, 2.24) is 0 Å². The van der Waals surface area contributed by atoms with E-state index in [2.05, 4.69) is 13.8 Å². The van der Waals surface area contributed by atoms with E-state index < -0.39 is 10.3 Å². The van der Waals surface area contributed by atoms with Gasteiger partial charge < -0.3 is 4.55 Å². The predicted octanol–water partition coefficient (Wildman–Crippen LogP) is -0.534. The summed E-state index contributed by atoms with van der Waals surface area (Å²) in [6.45, 7) is 4.23. The summed E-state index contributed by atoms with van der Waals surface area (Å²) in [5.74, 6) is 0.484. The van der Waals surface area contributed by atoms with E-state index in [1.54, 1.807) is 12.1 Å². The van der Waals surface area contributed by atoms with Gasteiger partial charge in [-0.15, -0.1) is 0 Å². The molecule has 0 radical (unpaired) electrons. The van der Waals surface area contributed by atoms with E-state index in [1.165, 1.54) is 5.56 Å². The first-order valence-corrected chi connectivity index (χ1v) is 6.70. The van der Waals surface area contributed by atoms with Gasteiger partial charge in [0.2, 0.25) is 0 Å². The van der Waals surface area contributed by atoms with Crippen LogP contribution in [0.25, 0.3) is 0 Å². The van der Waals surface area contributed by atoms with Gasteiger partial charge in [0.05, 0.1) is 0 Å². The molecule has 0 unspecified atom stereocenters. The van der Waals surface area contributed by atoms with Gasteiger partial charge in [0, 0.05) is 5.69 Å². The Morgan fingerprint density at radius 1 is 1.18 bits per heavy atom. The second-order valence-electron chi connectivity index (χ2n) is 3.69. The van der Waals surface area contributed by atoms with E-state index in [-0.39, 0.29) is 29.6 Å². The SMILES string of the molecule is CCC(CC)c1ccc(NS(=O)(=O)[O-])cc1.[Na+]. The average Bonchev–Trinajstić information content (AvgIpc) is 2.20. The fraction of sp³-hybridized carbons (Fsp3) is 0.455. The van der Waals surface area contributed by atoms with Gasteiger partial charge >= 0.3 is 29.6 Å². The molecule has 0 saturated carbocycles. The van der Waals surface area contributed by atoms with Crippen molar-refractivity contribution >= 4 is 16.0 Å². The Balaban J connectivity index is 0.00000256. The third-order valence-electron chi connectivity index (χ3n) is 2.61. The van der Waals surface area contributed by atoms with Gasteiger partial charge in [-0.25, -0.2) is 8.42 Å². The van der Waals surface area contributed by atoms with Crippen LogP contribution in [0.2, 0.25) is 0 Å². The number of hydrogen-bond donors (Lipinski definition) is 1. The van der Waals surface area contributed by atoms with E-state index in [9.17, 15) is 13.0 Å². The minimum absolute atomic E-state index is 0. The molecular weight excluding hydrogens is 249 g/mol. The maximum Gasteiger partial charge on any atom is 1.00 e. The van der Waals surface area contributed by atoms with Crippen molar-refractivity contribution in [2.75, 3.05) is 4.72 Å². The summed E-state index contributed by atoms with van der Waals surface area (Å²) >= 11 is 0. The molecule has 1 aromatic rings. The molecule has 17 heavy (non-hydrogen) atoms. The summed E-state index contributed by atoms with van der Waals surface area (Å²) in [7, 11) is -4.42. The summed E-state index contributed by atoms with van der Waals surface area (Å²) in [5, 5.41) is 0. The van der Waals surface area contributed by atoms with Gasteiger partial charge in [0.25, 0.3) is 0 Å². The number of nitrogens with one attached hydrogen (secondary N) is 1. The summed E-state index contributed by atoms with van der Waals surface area (Å²) in [6.07, 6.45) is 2.09. The van der Waals surface area contributed by atoms with Crippen molar-refractivity contribution in [3.05, 3.63) is 29.8 Å². The summed E-state index contributed by atoms with van der Waals surface area (Å²) in [6, 6.07) is 6.93. The van der Waals surface area contributed by atoms with Crippen LogP contribution < -0.4 is 34.3 Å². The molecule has 0 aliphatic rings. The molecule has 6 heteroatoms. The van der Waals surface area contributed by atoms with Crippen LogP contribution in [-0.4, -0.2) is 13.0 Å². The van der Waals surface area contributed by atoms with E-state index in [0.717, 1.165) is 12.8 Å². The molecule has 0 spiro atoms. The van der Waals surface area contributed by atoms with Gasteiger partial charge in [0.1, 0.15) is 0 Å². The number of anilines is 1. The molecule has 0 amide bonds. The first-order valence-electron chi connectivity index (χ1n) is 5.29. The molecule has 1 aromatic carbocycles. The topological polar surface area (TPSA) is 69.2 Å². The number of hydrogen-bond acceptors (Lipinski definition) is 3. The van der Waals surface area contributed by atoms with Crippen molar-refractivity contribution in [2.45, 2.75) is 32.6 Å². The monoisotopic (exact) mass is 265 g/mol. The number of rotatable bonds is 5. The zero-order chi connectivity index (χ0) is 12.2. The van der Waals surface area contributed by atoms with Crippen LogP contribution in [0.1, 0.15) is 38.2 Å². The zero-order valence-electron chi connectivity index (χ0n) is 10.4. The molecule has 1 rings (SSSR count). The van der Waals surface area contributed by atoms with Crippen LogP contribution in [0.15, 0.2) is 24.3 Å². The van der Waals surface area contributed by atoms with Crippen molar-refractivity contribution in [2.24, 2.45) is 0 Å². The van der Waals surface area contributed by atoms with E-state index in [0.29, 0.717) is 11.6 Å². The van der Waals surface area contributed by atoms with Gasteiger partial charge in [-0.05, 0) is 36.5 Å². The Bertz CT molecular complexity index is 427. The summed E-state index contributed by atoms with van der Waals surface area (Å²) in [4.78, 5) is 0. The van der Waals surface area contributed by atoms with E-state index >= 15 is 0 Å². The Morgan fingerprint density at radius 3 is 2.00 bits per heavy atom. The van der Waals surface area contributed by atoms with Crippen LogP contribution in [0.3, 0.4) is 0 Å². The molecule has 0 saturated heterocycles. The van der Waals surface area contributed by atoms with Gasteiger partial charge in [-0.2, -0.15) is 0 Å². The normalized spacial score (nSPS) is 11.1. The molecule has 1 N–H and O–H groups in total. The maximum atomic E-state index is 10.5. The van der Waals surface area contributed by atoms with Crippen LogP contribution >= 0.6 is 0 Å². The molecule has 0 fully saturated rings. The van der Waals surface area contributed by atoms with E-state index in [1.807, 2.05) is 16.9 Å². The molecule has 0 aromatic heterocycles.